The predicted octanol–water partition coefficient (Wildman–Crippen LogP) is 2.95. The van der Waals surface area contributed by atoms with E-state index in [1.807, 2.05) is 47.0 Å². The summed E-state index contributed by atoms with van der Waals surface area (Å²) >= 11 is 0. The fraction of sp³-hybridized carbons (Fsp3) is 0.594. The number of carbonyl (C=O) groups excluding carboxylic acids is 3. The number of aliphatic hydroxyl groups is 1. The number of benzene rings is 1. The van der Waals surface area contributed by atoms with Gasteiger partial charge >= 0.3 is 0 Å². The summed E-state index contributed by atoms with van der Waals surface area (Å²) < 4.78 is 6.44. The van der Waals surface area contributed by atoms with E-state index in [1.165, 1.54) is 21.5 Å². The van der Waals surface area contributed by atoms with Crippen LogP contribution in [0.3, 0.4) is 0 Å². The van der Waals surface area contributed by atoms with E-state index in [0.29, 0.717) is 32.4 Å². The molecule has 6 atom stereocenters. The number of likely N-dealkylation sites (N-methyl/N-ethyl adjacent to an activating group) is 1. The molecule has 10 nitrogen and oxygen atoms in total. The molecule has 0 saturated carbocycles. The highest BCUT2D eigenvalue weighted by Crippen LogP contribution is 2.49. The molecular weight excluding hydrogens is 534 g/mol. The Kier molecular flexibility index (Phi) is 6.09. The summed E-state index contributed by atoms with van der Waals surface area (Å²) in [5, 5.41) is 16.3. The Balaban J connectivity index is 1.21. The molecule has 0 radical (unpaired) electrons. The first-order valence-corrected chi connectivity index (χ1v) is 15.4. The van der Waals surface area contributed by atoms with Crippen molar-refractivity contribution in [2.75, 3.05) is 20.1 Å². The van der Waals surface area contributed by atoms with Crippen LogP contribution in [0, 0.1) is 17.8 Å². The number of aromatic amines is 1. The van der Waals surface area contributed by atoms with E-state index in [4.69, 9.17) is 4.74 Å². The molecule has 0 unspecified atom stereocenters. The van der Waals surface area contributed by atoms with Crippen molar-refractivity contribution >= 4 is 34.7 Å². The largest absolute Gasteiger partial charge is 0.377 e. The smallest absolute Gasteiger partial charge is 0.281 e. The maximum Gasteiger partial charge on any atom is 0.281 e. The Morgan fingerprint density at radius 2 is 2.02 bits per heavy atom. The summed E-state index contributed by atoms with van der Waals surface area (Å²) in [4.78, 5) is 50.6. The zero-order chi connectivity index (χ0) is 29.7. The maximum atomic E-state index is 14.4. The molecule has 7 rings (SSSR count). The molecule has 224 valence electrons. The number of nitrogens with one attached hydrogen (secondary N) is 2. The number of nitrogens with zero attached hydrogens (tertiary/aromatic N) is 3. The molecule has 42 heavy (non-hydrogen) atoms. The van der Waals surface area contributed by atoms with Crippen molar-refractivity contribution < 1.29 is 24.2 Å². The summed E-state index contributed by atoms with van der Waals surface area (Å²) in [6.07, 6.45) is 6.48. The Bertz CT molecular complexity index is 1510. The Morgan fingerprint density at radius 1 is 1.24 bits per heavy atom. The van der Waals surface area contributed by atoms with E-state index in [9.17, 15) is 19.5 Å². The van der Waals surface area contributed by atoms with Gasteiger partial charge < -0.3 is 25.2 Å². The fourth-order valence-electron chi connectivity index (χ4n) is 8.17. The fourth-order valence-corrected chi connectivity index (χ4v) is 8.17. The van der Waals surface area contributed by atoms with Gasteiger partial charge in [0.05, 0.1) is 5.92 Å². The molecule has 1 aromatic heterocycles. The standard InChI is InChI=1S/C32H41N5O5/c1-17(2)12-25-29(39)36-11-7-10-26(36)32(41)37(25)30(40)31(42-32,18(3)4)34-28(38)20-13-22-21-8-6-9-23-27(21)19(15-33-23)14-24(22)35(5)16-20/h6,8-9,14-15,17-18,20,22,25-26,33,41H,7,10-13,16H2,1-5H3,(H,34,38)/t20-,22-,25+,26+,31-,32+/m1/s1. The molecular formula is C32H41N5O5. The monoisotopic (exact) mass is 575 g/mol. The first kappa shape index (κ1) is 27.5. The number of ether oxygens (including phenoxy) is 1. The summed E-state index contributed by atoms with van der Waals surface area (Å²) in [7, 11) is 2.01. The van der Waals surface area contributed by atoms with Crippen molar-refractivity contribution in [2.24, 2.45) is 17.8 Å². The lowest BCUT2D eigenvalue weighted by atomic mass is 9.77. The lowest BCUT2D eigenvalue weighted by Gasteiger charge is -2.49. The van der Waals surface area contributed by atoms with Crippen molar-refractivity contribution in [1.82, 2.24) is 25.0 Å². The number of allylic oxidation sites excluding steroid dienone is 1. The van der Waals surface area contributed by atoms with Crippen LogP contribution in [0.4, 0.5) is 0 Å². The third-order valence-corrected chi connectivity index (χ3v) is 10.2. The summed E-state index contributed by atoms with van der Waals surface area (Å²) in [6.45, 7) is 8.63. The number of hydrogen-bond donors (Lipinski definition) is 3. The summed E-state index contributed by atoms with van der Waals surface area (Å²) in [5.41, 5.74) is 2.82. The number of carbonyl (C=O) groups is 3. The van der Waals surface area contributed by atoms with E-state index < -0.39 is 41.5 Å². The number of piperazine rings is 1. The number of aromatic nitrogens is 1. The van der Waals surface area contributed by atoms with Crippen molar-refractivity contribution in [3.05, 3.63) is 41.2 Å². The van der Waals surface area contributed by atoms with E-state index in [-0.39, 0.29) is 23.7 Å². The van der Waals surface area contributed by atoms with Crippen LogP contribution in [0.25, 0.3) is 17.0 Å². The summed E-state index contributed by atoms with van der Waals surface area (Å²) in [5.74, 6) is -3.73. The first-order valence-electron chi connectivity index (χ1n) is 15.4. The third-order valence-electron chi connectivity index (χ3n) is 10.2. The third kappa shape index (κ3) is 3.67. The number of amides is 3. The average Bonchev–Trinajstić information content (AvgIpc) is 3.65. The molecule has 5 heterocycles. The quantitative estimate of drug-likeness (QED) is 0.505. The van der Waals surface area contributed by atoms with Gasteiger partial charge in [-0.25, -0.2) is 0 Å². The molecule has 2 aromatic rings. The van der Waals surface area contributed by atoms with Gasteiger partial charge in [-0.15, -0.1) is 0 Å². The number of H-pyrrole nitrogens is 1. The van der Waals surface area contributed by atoms with Crippen molar-refractivity contribution in [3.63, 3.8) is 0 Å². The van der Waals surface area contributed by atoms with E-state index in [0.717, 1.165) is 17.5 Å². The highest BCUT2D eigenvalue weighted by Gasteiger charge is 2.72. The molecule has 1 aliphatic carbocycles. The predicted molar refractivity (Wildman–Crippen MR) is 156 cm³/mol. The zero-order valence-corrected chi connectivity index (χ0v) is 25.0. The van der Waals surface area contributed by atoms with Gasteiger partial charge in [0, 0.05) is 60.3 Å². The van der Waals surface area contributed by atoms with Crippen LogP contribution in [0.1, 0.15) is 70.4 Å². The van der Waals surface area contributed by atoms with Crippen LogP contribution in [0.2, 0.25) is 0 Å². The van der Waals surface area contributed by atoms with E-state index >= 15 is 0 Å². The molecule has 3 amide bonds. The van der Waals surface area contributed by atoms with Crippen LogP contribution < -0.4 is 5.32 Å². The highest BCUT2D eigenvalue weighted by atomic mass is 16.7. The Hall–Kier alpha value is -3.37. The average molecular weight is 576 g/mol. The second-order valence-electron chi connectivity index (χ2n) is 13.6. The molecule has 1 aromatic carbocycles. The number of likely N-dealkylation sites (tertiary alicyclic amines) is 1. The molecule has 5 aliphatic rings. The second-order valence-corrected chi connectivity index (χ2v) is 13.6. The minimum Gasteiger partial charge on any atom is -0.377 e. The topological polar surface area (TPSA) is 118 Å². The first-order chi connectivity index (χ1) is 20.0. The molecule has 0 spiro atoms. The molecule has 4 saturated heterocycles. The normalized spacial score (nSPS) is 33.8. The van der Waals surface area contributed by atoms with Gasteiger partial charge in [-0.05, 0) is 49.3 Å². The summed E-state index contributed by atoms with van der Waals surface area (Å²) in [6, 6.07) is 4.73. The molecule has 10 heteroatoms. The second kappa shape index (κ2) is 9.31. The van der Waals surface area contributed by atoms with Crippen molar-refractivity contribution in [3.8, 4) is 0 Å². The van der Waals surface area contributed by atoms with Crippen molar-refractivity contribution in [2.45, 2.75) is 83.0 Å². The number of rotatable bonds is 5. The number of fused-ring (bicyclic) bond motifs is 5. The van der Waals surface area contributed by atoms with Gasteiger partial charge in [0.1, 0.15) is 12.1 Å². The minimum absolute atomic E-state index is 0.0392. The van der Waals surface area contributed by atoms with Gasteiger partial charge in [0.25, 0.3) is 11.8 Å². The zero-order valence-electron chi connectivity index (χ0n) is 25.0. The van der Waals surface area contributed by atoms with Crippen molar-refractivity contribution in [1.29, 1.82) is 0 Å². The van der Waals surface area contributed by atoms with Crippen LogP contribution in [-0.2, 0) is 19.1 Å². The minimum atomic E-state index is -2.00. The van der Waals surface area contributed by atoms with Gasteiger partial charge in [0.2, 0.25) is 17.5 Å². The number of piperidine rings is 1. The SMILES string of the molecule is CC(C)C[C@H]1C(=O)N2CCC[C@H]2[C@]2(O)O[C@](NC(=O)[C@@H]3C[C@H]4C(=Cc5c[nH]c6cccc4c56)N(C)C3)(C(C)C)C(=O)N12. The van der Waals surface area contributed by atoms with E-state index in [2.05, 4.69) is 33.4 Å². The molecule has 3 N–H and O–H groups in total. The molecule has 4 fully saturated rings. The lowest BCUT2D eigenvalue weighted by molar-refractivity contribution is -0.322. The van der Waals surface area contributed by atoms with Gasteiger partial charge in [0.15, 0.2) is 0 Å². The Morgan fingerprint density at radius 3 is 2.76 bits per heavy atom. The highest BCUT2D eigenvalue weighted by molar-refractivity contribution is 5.98. The lowest BCUT2D eigenvalue weighted by Crippen LogP contribution is -2.71. The van der Waals surface area contributed by atoms with Crippen LogP contribution >= 0.6 is 0 Å². The molecule has 0 bridgehead atoms. The van der Waals surface area contributed by atoms with Gasteiger partial charge in [-0.1, -0.05) is 39.8 Å². The van der Waals surface area contributed by atoms with Gasteiger partial charge in [-0.2, -0.15) is 0 Å². The van der Waals surface area contributed by atoms with Crippen LogP contribution in [0.15, 0.2) is 30.1 Å². The van der Waals surface area contributed by atoms with Crippen LogP contribution in [-0.4, -0.2) is 86.4 Å². The Labute approximate surface area is 246 Å². The maximum absolute atomic E-state index is 14.4. The van der Waals surface area contributed by atoms with Gasteiger partial charge in [-0.3, -0.25) is 24.0 Å². The molecule has 4 aliphatic heterocycles. The number of hydrogen-bond acceptors (Lipinski definition) is 6. The van der Waals surface area contributed by atoms with Crippen LogP contribution in [0.5, 0.6) is 0 Å². The van der Waals surface area contributed by atoms with E-state index in [1.54, 1.807) is 4.90 Å².